The van der Waals surface area contributed by atoms with E-state index in [-0.39, 0.29) is 11.4 Å². The molecule has 1 aromatic heterocycles. The maximum atomic E-state index is 9.06. The molecule has 0 aliphatic heterocycles. The number of benzene rings is 1. The van der Waals surface area contributed by atoms with Crippen LogP contribution in [0.3, 0.4) is 0 Å². The number of aryl methyl sites for hydroxylation is 1. The average molecular weight is 275 g/mol. The van der Waals surface area contributed by atoms with Gasteiger partial charge in [0.2, 0.25) is 5.82 Å². The first-order valence-electron chi connectivity index (χ1n) is 5.50. The fourth-order valence-corrected chi connectivity index (χ4v) is 1.77. The number of anilines is 1. The van der Waals surface area contributed by atoms with Crippen LogP contribution in [-0.2, 0) is 0 Å². The Hall–Kier alpha value is -2.39. The average Bonchev–Trinajstić information content (AvgIpc) is 2.92. The number of allylic oxidation sites excluding steroid dienone is 1. The lowest BCUT2D eigenvalue weighted by Crippen LogP contribution is -1.97. The van der Waals surface area contributed by atoms with Gasteiger partial charge >= 0.3 is 0 Å². The second kappa shape index (κ2) is 5.50. The lowest BCUT2D eigenvalue weighted by atomic mass is 10.1. The molecule has 0 fully saturated rings. The van der Waals surface area contributed by atoms with E-state index in [0.29, 0.717) is 5.02 Å². The van der Waals surface area contributed by atoms with Gasteiger partial charge in [-0.2, -0.15) is 10.5 Å². The summed E-state index contributed by atoms with van der Waals surface area (Å²) in [6, 6.07) is 5.76. The highest BCUT2D eigenvalue weighted by atomic mass is 35.5. The predicted molar refractivity (Wildman–Crippen MR) is 72.3 cm³/mol. The van der Waals surface area contributed by atoms with Crippen molar-refractivity contribution in [2.24, 2.45) is 0 Å². The SMILES string of the molecule is Cc1ccc(Cl)c(C)c1NC=C(C#N)c1nn[nH]n1. The Morgan fingerprint density at radius 1 is 1.47 bits per heavy atom. The largest absolute Gasteiger partial charge is 0.360 e. The second-order valence-electron chi connectivity index (χ2n) is 3.91. The Balaban J connectivity index is 2.32. The number of nitrogens with one attached hydrogen (secondary N) is 2. The molecule has 0 saturated heterocycles. The molecule has 0 amide bonds. The van der Waals surface area contributed by atoms with Crippen molar-refractivity contribution in [2.45, 2.75) is 13.8 Å². The maximum Gasteiger partial charge on any atom is 0.216 e. The molecule has 0 atom stereocenters. The van der Waals surface area contributed by atoms with Crippen molar-refractivity contribution < 1.29 is 0 Å². The fourth-order valence-electron chi connectivity index (χ4n) is 1.61. The standard InChI is InChI=1S/C12H11ClN6/c1-7-3-4-10(13)8(2)11(7)15-6-9(5-14)12-16-18-19-17-12/h3-4,6,15H,1-2H3,(H,16,17,18,19). The molecule has 96 valence electrons. The molecule has 0 saturated carbocycles. The van der Waals surface area contributed by atoms with Crippen LogP contribution < -0.4 is 5.32 Å². The molecule has 1 heterocycles. The number of aromatic nitrogens is 4. The van der Waals surface area contributed by atoms with E-state index >= 15 is 0 Å². The van der Waals surface area contributed by atoms with Crippen molar-refractivity contribution in [3.63, 3.8) is 0 Å². The molecule has 6 nitrogen and oxygen atoms in total. The summed E-state index contributed by atoms with van der Waals surface area (Å²) in [7, 11) is 0. The van der Waals surface area contributed by atoms with Crippen molar-refractivity contribution in [3.05, 3.63) is 40.3 Å². The van der Waals surface area contributed by atoms with Crippen LogP contribution in [0.15, 0.2) is 18.3 Å². The molecule has 19 heavy (non-hydrogen) atoms. The van der Waals surface area contributed by atoms with E-state index in [1.165, 1.54) is 6.20 Å². The number of nitrogens with zero attached hydrogens (tertiary/aromatic N) is 4. The van der Waals surface area contributed by atoms with E-state index < -0.39 is 0 Å². The van der Waals surface area contributed by atoms with Crippen LogP contribution in [0.2, 0.25) is 5.02 Å². The topological polar surface area (TPSA) is 90.3 Å². The molecule has 2 rings (SSSR count). The number of aromatic amines is 1. The molecule has 1 aromatic carbocycles. The maximum absolute atomic E-state index is 9.06. The molecule has 0 aliphatic rings. The van der Waals surface area contributed by atoms with E-state index in [2.05, 4.69) is 25.9 Å². The van der Waals surface area contributed by atoms with E-state index in [0.717, 1.165) is 16.8 Å². The highest BCUT2D eigenvalue weighted by molar-refractivity contribution is 6.31. The predicted octanol–water partition coefficient (Wildman–Crippen LogP) is 2.45. The number of hydrogen-bond donors (Lipinski definition) is 2. The summed E-state index contributed by atoms with van der Waals surface area (Å²) in [4.78, 5) is 0. The summed E-state index contributed by atoms with van der Waals surface area (Å²) in [6.45, 7) is 3.87. The van der Waals surface area contributed by atoms with Crippen LogP contribution in [-0.4, -0.2) is 20.6 Å². The molecule has 0 aliphatic carbocycles. The Kier molecular flexibility index (Phi) is 3.78. The van der Waals surface area contributed by atoms with Gasteiger partial charge in [0, 0.05) is 16.9 Å². The van der Waals surface area contributed by atoms with Crippen molar-refractivity contribution in [1.29, 1.82) is 5.26 Å². The molecule has 2 aromatic rings. The fraction of sp³-hybridized carbons (Fsp3) is 0.167. The Morgan fingerprint density at radius 3 is 2.89 bits per heavy atom. The van der Waals surface area contributed by atoms with E-state index in [4.69, 9.17) is 16.9 Å². The first-order valence-corrected chi connectivity index (χ1v) is 5.87. The van der Waals surface area contributed by atoms with Gasteiger partial charge < -0.3 is 5.32 Å². The summed E-state index contributed by atoms with van der Waals surface area (Å²) < 4.78 is 0. The highest BCUT2D eigenvalue weighted by Crippen LogP contribution is 2.27. The van der Waals surface area contributed by atoms with Gasteiger partial charge in [0.15, 0.2) is 0 Å². The first kappa shape index (κ1) is 13.1. The first-order chi connectivity index (χ1) is 9.13. The monoisotopic (exact) mass is 274 g/mol. The van der Waals surface area contributed by atoms with Crippen LogP contribution >= 0.6 is 11.6 Å². The Morgan fingerprint density at radius 2 is 2.26 bits per heavy atom. The van der Waals surface area contributed by atoms with Crippen molar-refractivity contribution in [1.82, 2.24) is 20.6 Å². The minimum absolute atomic E-state index is 0.243. The van der Waals surface area contributed by atoms with Crippen LogP contribution in [0.25, 0.3) is 5.57 Å². The third-order valence-electron chi connectivity index (χ3n) is 2.67. The van der Waals surface area contributed by atoms with Gasteiger partial charge in [0.05, 0.1) is 0 Å². The van der Waals surface area contributed by atoms with Crippen molar-refractivity contribution >= 4 is 22.9 Å². The van der Waals surface area contributed by atoms with E-state index in [9.17, 15) is 0 Å². The Labute approximate surface area is 115 Å². The lowest BCUT2D eigenvalue weighted by Gasteiger charge is -2.10. The number of halogens is 1. The van der Waals surface area contributed by atoms with Gasteiger partial charge in [0.1, 0.15) is 11.6 Å². The minimum Gasteiger partial charge on any atom is -0.360 e. The molecule has 0 spiro atoms. The zero-order valence-corrected chi connectivity index (χ0v) is 11.2. The molecule has 0 radical (unpaired) electrons. The van der Waals surface area contributed by atoms with Gasteiger partial charge in [-0.25, -0.2) is 0 Å². The zero-order valence-electron chi connectivity index (χ0n) is 10.4. The third kappa shape index (κ3) is 2.72. The summed E-state index contributed by atoms with van der Waals surface area (Å²) in [5, 5.41) is 26.0. The van der Waals surface area contributed by atoms with Crippen molar-refractivity contribution in [2.75, 3.05) is 5.32 Å². The lowest BCUT2D eigenvalue weighted by molar-refractivity contribution is 0.881. The highest BCUT2D eigenvalue weighted by Gasteiger charge is 2.08. The molecular weight excluding hydrogens is 264 g/mol. The molecule has 7 heteroatoms. The number of tetrazole rings is 1. The minimum atomic E-state index is 0.243. The summed E-state index contributed by atoms with van der Waals surface area (Å²) in [5.41, 5.74) is 3.10. The van der Waals surface area contributed by atoms with E-state index in [1.54, 1.807) is 0 Å². The van der Waals surface area contributed by atoms with Gasteiger partial charge in [0.25, 0.3) is 0 Å². The van der Waals surface area contributed by atoms with Gasteiger partial charge in [-0.05, 0) is 36.3 Å². The van der Waals surface area contributed by atoms with Crippen LogP contribution in [0.4, 0.5) is 5.69 Å². The van der Waals surface area contributed by atoms with E-state index in [1.807, 2.05) is 32.0 Å². The van der Waals surface area contributed by atoms with Gasteiger partial charge in [-0.3, -0.25) is 0 Å². The number of hydrogen-bond acceptors (Lipinski definition) is 5. The van der Waals surface area contributed by atoms with Gasteiger partial charge in [-0.1, -0.05) is 17.7 Å². The van der Waals surface area contributed by atoms with Crippen LogP contribution in [0, 0.1) is 25.2 Å². The smallest absolute Gasteiger partial charge is 0.216 e. The molecule has 2 N–H and O–H groups in total. The van der Waals surface area contributed by atoms with Gasteiger partial charge in [-0.15, -0.1) is 10.2 Å². The summed E-state index contributed by atoms with van der Waals surface area (Å²) in [5.74, 6) is 0.243. The summed E-state index contributed by atoms with van der Waals surface area (Å²) >= 11 is 6.07. The molecule has 0 bridgehead atoms. The van der Waals surface area contributed by atoms with Crippen LogP contribution in [0.5, 0.6) is 0 Å². The Bertz CT molecular complexity index is 654. The number of H-pyrrole nitrogens is 1. The number of nitriles is 1. The zero-order chi connectivity index (χ0) is 13.8. The van der Waals surface area contributed by atoms with Crippen molar-refractivity contribution in [3.8, 4) is 6.07 Å². The second-order valence-corrected chi connectivity index (χ2v) is 4.32. The normalized spacial score (nSPS) is 11.2. The molecule has 0 unspecified atom stereocenters. The summed E-state index contributed by atoms with van der Waals surface area (Å²) in [6.07, 6.45) is 1.54. The van der Waals surface area contributed by atoms with Crippen LogP contribution in [0.1, 0.15) is 17.0 Å². The number of rotatable bonds is 3. The quantitative estimate of drug-likeness (QED) is 0.839. The third-order valence-corrected chi connectivity index (χ3v) is 3.08. The molecular formula is C12H11ClN6.